The summed E-state index contributed by atoms with van der Waals surface area (Å²) in [5, 5.41) is 20.6. The molecular formula is C6H11NO3. The zero-order valence-corrected chi connectivity index (χ0v) is 5.74. The average Bonchev–Trinajstić information content (AvgIpc) is 2.14. The van der Waals surface area contributed by atoms with E-state index in [1.165, 1.54) is 0 Å². The molecule has 0 radical (unpaired) electrons. The number of aliphatic hydroxyl groups excluding tert-OH is 1. The number of hydrogen-bond donors (Lipinski definition) is 3. The number of rotatable bonds is 1. The minimum absolute atomic E-state index is 0.0962. The fraction of sp³-hybridized carbons (Fsp3) is 0.833. The van der Waals surface area contributed by atoms with E-state index in [0.29, 0.717) is 6.54 Å². The zero-order chi connectivity index (χ0) is 7.72. The van der Waals surface area contributed by atoms with Gasteiger partial charge in [0.2, 0.25) is 0 Å². The first-order valence-corrected chi connectivity index (χ1v) is 3.27. The molecule has 1 heterocycles. The maximum absolute atomic E-state index is 10.4. The van der Waals surface area contributed by atoms with Crippen LogP contribution < -0.4 is 5.32 Å². The number of aliphatic carboxylic acids is 1. The Balaban J connectivity index is 2.57. The van der Waals surface area contributed by atoms with Crippen LogP contribution in [0.4, 0.5) is 0 Å². The normalized spacial score (nSPS) is 40.0. The van der Waals surface area contributed by atoms with Gasteiger partial charge in [-0.2, -0.15) is 0 Å². The van der Waals surface area contributed by atoms with E-state index in [0.717, 1.165) is 0 Å². The lowest BCUT2D eigenvalue weighted by molar-refractivity contribution is -0.144. The highest BCUT2D eigenvalue weighted by molar-refractivity contribution is 5.71. The molecule has 10 heavy (non-hydrogen) atoms. The van der Waals surface area contributed by atoms with E-state index < -0.39 is 18.0 Å². The second kappa shape index (κ2) is 2.56. The van der Waals surface area contributed by atoms with Gasteiger partial charge in [-0.15, -0.1) is 0 Å². The number of aliphatic hydroxyl groups is 1. The van der Waals surface area contributed by atoms with E-state index in [1.807, 2.05) is 0 Å². The third-order valence-corrected chi connectivity index (χ3v) is 1.90. The summed E-state index contributed by atoms with van der Waals surface area (Å²) in [6.07, 6.45) is -0.738. The van der Waals surface area contributed by atoms with E-state index in [-0.39, 0.29) is 6.04 Å². The monoisotopic (exact) mass is 145 g/mol. The summed E-state index contributed by atoms with van der Waals surface area (Å²) >= 11 is 0. The van der Waals surface area contributed by atoms with E-state index >= 15 is 0 Å². The molecule has 4 nitrogen and oxygen atoms in total. The summed E-state index contributed by atoms with van der Waals surface area (Å²) in [5.74, 6) is -1.56. The Morgan fingerprint density at radius 3 is 2.50 bits per heavy atom. The van der Waals surface area contributed by atoms with Crippen LogP contribution in [0.1, 0.15) is 6.92 Å². The van der Waals surface area contributed by atoms with Gasteiger partial charge in [0.05, 0.1) is 12.0 Å². The van der Waals surface area contributed by atoms with Crippen molar-refractivity contribution >= 4 is 5.97 Å². The van der Waals surface area contributed by atoms with E-state index in [2.05, 4.69) is 5.32 Å². The molecule has 3 N–H and O–H groups in total. The quantitative estimate of drug-likeness (QED) is 0.444. The zero-order valence-electron chi connectivity index (χ0n) is 5.74. The molecule has 1 saturated heterocycles. The number of carboxylic acid groups (broad SMARTS) is 1. The minimum Gasteiger partial charge on any atom is -0.481 e. The maximum Gasteiger partial charge on any atom is 0.310 e. The van der Waals surface area contributed by atoms with Crippen LogP contribution in [0.2, 0.25) is 0 Å². The summed E-state index contributed by atoms with van der Waals surface area (Å²) in [6.45, 7) is 2.14. The molecule has 0 saturated carbocycles. The Morgan fingerprint density at radius 2 is 2.30 bits per heavy atom. The number of hydrogen-bond acceptors (Lipinski definition) is 3. The van der Waals surface area contributed by atoms with Crippen molar-refractivity contribution in [3.05, 3.63) is 0 Å². The van der Waals surface area contributed by atoms with E-state index in [4.69, 9.17) is 5.11 Å². The number of carbonyl (C=O) groups is 1. The van der Waals surface area contributed by atoms with Crippen molar-refractivity contribution in [2.45, 2.75) is 19.1 Å². The van der Waals surface area contributed by atoms with Crippen LogP contribution in [0.5, 0.6) is 0 Å². The van der Waals surface area contributed by atoms with Crippen molar-refractivity contribution in [1.29, 1.82) is 0 Å². The Labute approximate surface area is 58.9 Å². The van der Waals surface area contributed by atoms with Crippen LogP contribution in [0.15, 0.2) is 0 Å². The molecule has 0 aromatic rings. The Kier molecular flexibility index (Phi) is 1.92. The summed E-state index contributed by atoms with van der Waals surface area (Å²) in [6, 6.07) is -0.0962. The molecule has 0 bridgehead atoms. The Morgan fingerprint density at radius 1 is 1.70 bits per heavy atom. The molecule has 1 rings (SSSR count). The third-order valence-electron chi connectivity index (χ3n) is 1.90. The third kappa shape index (κ3) is 1.12. The van der Waals surface area contributed by atoms with Crippen LogP contribution in [-0.2, 0) is 4.79 Å². The fourth-order valence-electron chi connectivity index (χ4n) is 1.14. The molecule has 0 aromatic carbocycles. The first-order chi connectivity index (χ1) is 4.63. The van der Waals surface area contributed by atoms with Crippen molar-refractivity contribution in [2.75, 3.05) is 6.54 Å². The van der Waals surface area contributed by atoms with E-state index in [1.54, 1.807) is 6.92 Å². The molecule has 0 aromatic heterocycles. The number of carboxylic acids is 1. The Bertz CT molecular complexity index is 148. The maximum atomic E-state index is 10.4. The van der Waals surface area contributed by atoms with Crippen LogP contribution in [0, 0.1) is 5.92 Å². The highest BCUT2D eigenvalue weighted by Crippen LogP contribution is 2.14. The van der Waals surface area contributed by atoms with Crippen molar-refractivity contribution in [3.8, 4) is 0 Å². The smallest absolute Gasteiger partial charge is 0.310 e. The molecule has 4 heteroatoms. The van der Waals surface area contributed by atoms with Gasteiger partial charge in [-0.05, 0) is 6.92 Å². The second-order valence-electron chi connectivity index (χ2n) is 2.63. The van der Waals surface area contributed by atoms with Gasteiger partial charge < -0.3 is 15.5 Å². The van der Waals surface area contributed by atoms with Gasteiger partial charge in [0.25, 0.3) is 0 Å². The molecule has 0 aliphatic carbocycles. The van der Waals surface area contributed by atoms with Crippen molar-refractivity contribution < 1.29 is 15.0 Å². The first kappa shape index (κ1) is 7.50. The predicted octanol–water partition coefficient (Wildman–Crippen LogP) is -0.960. The standard InChI is InChI=1S/C6H11NO3/c1-3-5(8)4(2-7-3)6(9)10/h3-5,7-8H,2H2,1H3,(H,9,10)/t3-,4+,5-/m1/s1. The highest BCUT2D eigenvalue weighted by atomic mass is 16.4. The van der Waals surface area contributed by atoms with E-state index in [9.17, 15) is 9.90 Å². The van der Waals surface area contributed by atoms with Crippen LogP contribution in [0.25, 0.3) is 0 Å². The summed E-state index contributed by atoms with van der Waals surface area (Å²) in [4.78, 5) is 10.4. The van der Waals surface area contributed by atoms with Gasteiger partial charge in [0.1, 0.15) is 0 Å². The van der Waals surface area contributed by atoms with Crippen molar-refractivity contribution in [2.24, 2.45) is 5.92 Å². The average molecular weight is 145 g/mol. The predicted molar refractivity (Wildman–Crippen MR) is 34.6 cm³/mol. The SMILES string of the molecule is C[C@H]1NC[C@H](C(=O)O)[C@@H]1O. The molecule has 3 atom stereocenters. The van der Waals surface area contributed by atoms with Gasteiger partial charge in [-0.25, -0.2) is 0 Å². The minimum atomic E-state index is -0.927. The fourth-order valence-corrected chi connectivity index (χ4v) is 1.14. The largest absolute Gasteiger partial charge is 0.481 e. The summed E-state index contributed by atoms with van der Waals surface area (Å²) in [7, 11) is 0. The first-order valence-electron chi connectivity index (χ1n) is 3.27. The van der Waals surface area contributed by atoms with Gasteiger partial charge in [-0.1, -0.05) is 0 Å². The lowest BCUT2D eigenvalue weighted by Crippen LogP contribution is -2.30. The number of nitrogens with one attached hydrogen (secondary N) is 1. The molecule has 0 amide bonds. The van der Waals surface area contributed by atoms with Crippen molar-refractivity contribution in [3.63, 3.8) is 0 Å². The summed E-state index contributed by atoms with van der Waals surface area (Å²) < 4.78 is 0. The summed E-state index contributed by atoms with van der Waals surface area (Å²) in [5.41, 5.74) is 0. The molecule has 0 spiro atoms. The second-order valence-corrected chi connectivity index (χ2v) is 2.63. The molecular weight excluding hydrogens is 134 g/mol. The van der Waals surface area contributed by atoms with Gasteiger partial charge >= 0.3 is 5.97 Å². The lowest BCUT2D eigenvalue weighted by atomic mass is 10.0. The van der Waals surface area contributed by atoms with Gasteiger partial charge in [-0.3, -0.25) is 4.79 Å². The van der Waals surface area contributed by atoms with Gasteiger partial charge in [0, 0.05) is 12.6 Å². The molecule has 58 valence electrons. The molecule has 1 aliphatic heterocycles. The van der Waals surface area contributed by atoms with Crippen LogP contribution in [0.3, 0.4) is 0 Å². The van der Waals surface area contributed by atoms with Crippen molar-refractivity contribution in [1.82, 2.24) is 5.32 Å². The van der Waals surface area contributed by atoms with Crippen LogP contribution >= 0.6 is 0 Å². The Hall–Kier alpha value is -0.610. The van der Waals surface area contributed by atoms with Crippen LogP contribution in [-0.4, -0.2) is 34.9 Å². The molecule has 1 fully saturated rings. The molecule has 1 aliphatic rings. The molecule has 0 unspecified atom stereocenters. The highest BCUT2D eigenvalue weighted by Gasteiger charge is 2.36. The van der Waals surface area contributed by atoms with Gasteiger partial charge in [0.15, 0.2) is 0 Å². The lowest BCUT2D eigenvalue weighted by Gasteiger charge is -2.10. The topological polar surface area (TPSA) is 69.6 Å².